The minimum atomic E-state index is -0.661. The van der Waals surface area contributed by atoms with Gasteiger partial charge in [0.05, 0.1) is 5.92 Å². The van der Waals surface area contributed by atoms with Crippen LogP contribution < -0.4 is 0 Å². The van der Waals surface area contributed by atoms with Gasteiger partial charge in [-0.2, -0.15) is 0 Å². The molecule has 0 aliphatic heterocycles. The first kappa shape index (κ1) is 13.5. The van der Waals surface area contributed by atoms with Crippen LogP contribution in [0.3, 0.4) is 0 Å². The summed E-state index contributed by atoms with van der Waals surface area (Å²) in [6.45, 7) is 6.26. The van der Waals surface area contributed by atoms with Crippen LogP contribution in [0.2, 0.25) is 0 Å². The molecule has 0 amide bonds. The van der Waals surface area contributed by atoms with Crippen molar-refractivity contribution in [1.82, 2.24) is 0 Å². The Morgan fingerprint density at radius 3 is 2.21 bits per heavy atom. The first-order valence-corrected chi connectivity index (χ1v) is 5.80. The smallest absolute Gasteiger partial charge is 0.306 e. The van der Waals surface area contributed by atoms with E-state index in [0.717, 1.165) is 18.8 Å². The zero-order valence-corrected chi connectivity index (χ0v) is 9.75. The van der Waals surface area contributed by atoms with Gasteiger partial charge < -0.3 is 5.11 Å². The van der Waals surface area contributed by atoms with Crippen molar-refractivity contribution < 1.29 is 9.90 Å². The minimum absolute atomic E-state index is 0.173. The molecule has 0 radical (unpaired) electrons. The van der Waals surface area contributed by atoms with Crippen molar-refractivity contribution in [3.05, 3.63) is 0 Å². The zero-order chi connectivity index (χ0) is 11.0. The molecule has 2 atom stereocenters. The molecule has 1 N–H and O–H groups in total. The van der Waals surface area contributed by atoms with Crippen LogP contribution in [0.4, 0.5) is 0 Å². The molecule has 0 spiro atoms. The summed E-state index contributed by atoms with van der Waals surface area (Å²) in [7, 11) is 0. The van der Waals surface area contributed by atoms with Crippen molar-refractivity contribution in [3.8, 4) is 0 Å². The topological polar surface area (TPSA) is 37.3 Å². The molecule has 0 heterocycles. The maximum atomic E-state index is 10.5. The molecule has 0 bridgehead atoms. The lowest BCUT2D eigenvalue weighted by Gasteiger charge is -2.11. The average molecular weight is 200 g/mol. The van der Waals surface area contributed by atoms with Gasteiger partial charge in [-0.3, -0.25) is 4.79 Å². The first-order chi connectivity index (χ1) is 6.57. The molecule has 0 aliphatic carbocycles. The van der Waals surface area contributed by atoms with Gasteiger partial charge in [-0.05, 0) is 12.3 Å². The van der Waals surface area contributed by atoms with E-state index in [1.54, 1.807) is 6.92 Å². The molecule has 2 nitrogen and oxygen atoms in total. The quantitative estimate of drug-likeness (QED) is 0.648. The Morgan fingerprint density at radius 2 is 1.71 bits per heavy atom. The highest BCUT2D eigenvalue weighted by Crippen LogP contribution is 2.17. The predicted octanol–water partition coefficient (Wildman–Crippen LogP) is 3.70. The SMILES string of the molecule is CCCCC(C)CCCC(C)C(=O)O. The summed E-state index contributed by atoms with van der Waals surface area (Å²) in [5.74, 6) is -0.0736. The van der Waals surface area contributed by atoms with Crippen molar-refractivity contribution in [2.45, 2.75) is 59.3 Å². The molecule has 0 aromatic heterocycles. The third-order valence-corrected chi connectivity index (χ3v) is 2.81. The van der Waals surface area contributed by atoms with Gasteiger partial charge >= 0.3 is 5.97 Å². The largest absolute Gasteiger partial charge is 0.481 e. The van der Waals surface area contributed by atoms with Gasteiger partial charge in [-0.15, -0.1) is 0 Å². The Kier molecular flexibility index (Phi) is 7.54. The highest BCUT2D eigenvalue weighted by atomic mass is 16.4. The van der Waals surface area contributed by atoms with Gasteiger partial charge in [0, 0.05) is 0 Å². The van der Waals surface area contributed by atoms with Crippen molar-refractivity contribution in [2.24, 2.45) is 11.8 Å². The molecule has 2 unspecified atom stereocenters. The fourth-order valence-corrected chi connectivity index (χ4v) is 1.59. The molecule has 84 valence electrons. The van der Waals surface area contributed by atoms with E-state index < -0.39 is 5.97 Å². The highest BCUT2D eigenvalue weighted by Gasteiger charge is 2.10. The molecular formula is C12H24O2. The van der Waals surface area contributed by atoms with Gasteiger partial charge in [0.2, 0.25) is 0 Å². The second kappa shape index (κ2) is 7.84. The summed E-state index contributed by atoms with van der Waals surface area (Å²) >= 11 is 0. The Labute approximate surface area is 87.7 Å². The number of carboxylic acid groups (broad SMARTS) is 1. The van der Waals surface area contributed by atoms with E-state index in [9.17, 15) is 4.79 Å². The van der Waals surface area contributed by atoms with Crippen LogP contribution in [-0.2, 0) is 4.79 Å². The summed E-state index contributed by atoms with van der Waals surface area (Å²) in [5.41, 5.74) is 0. The molecule has 0 saturated heterocycles. The van der Waals surface area contributed by atoms with Gasteiger partial charge in [0.25, 0.3) is 0 Å². The Bertz CT molecular complexity index is 154. The van der Waals surface area contributed by atoms with Crippen LogP contribution in [0.15, 0.2) is 0 Å². The maximum absolute atomic E-state index is 10.5. The monoisotopic (exact) mass is 200 g/mol. The van der Waals surface area contributed by atoms with Gasteiger partial charge in [-0.25, -0.2) is 0 Å². The molecule has 0 rings (SSSR count). The minimum Gasteiger partial charge on any atom is -0.481 e. The number of carbonyl (C=O) groups is 1. The molecule has 0 aliphatic rings. The summed E-state index contributed by atoms with van der Waals surface area (Å²) in [6, 6.07) is 0. The van der Waals surface area contributed by atoms with E-state index >= 15 is 0 Å². The van der Waals surface area contributed by atoms with Crippen molar-refractivity contribution in [1.29, 1.82) is 0 Å². The first-order valence-electron chi connectivity index (χ1n) is 5.80. The lowest BCUT2D eigenvalue weighted by molar-refractivity contribution is -0.141. The second-order valence-electron chi connectivity index (χ2n) is 4.42. The molecule has 0 saturated carbocycles. The number of aliphatic carboxylic acids is 1. The summed E-state index contributed by atoms with van der Waals surface area (Å²) in [5, 5.41) is 8.69. The maximum Gasteiger partial charge on any atom is 0.306 e. The summed E-state index contributed by atoms with van der Waals surface area (Å²) < 4.78 is 0. The molecule has 0 fully saturated rings. The molecule has 0 aromatic carbocycles. The zero-order valence-electron chi connectivity index (χ0n) is 9.75. The number of rotatable bonds is 8. The van der Waals surface area contributed by atoms with E-state index in [-0.39, 0.29) is 5.92 Å². The van der Waals surface area contributed by atoms with Crippen LogP contribution in [0.5, 0.6) is 0 Å². The van der Waals surface area contributed by atoms with E-state index in [4.69, 9.17) is 5.11 Å². The molecule has 2 heteroatoms. The average Bonchev–Trinajstić information content (AvgIpc) is 2.14. The normalized spacial score (nSPS) is 15.1. The molecule has 0 aromatic rings. The van der Waals surface area contributed by atoms with E-state index in [1.165, 1.54) is 25.7 Å². The number of hydrogen-bond acceptors (Lipinski definition) is 1. The standard InChI is InChI=1S/C12H24O2/c1-4-5-7-10(2)8-6-9-11(3)12(13)14/h10-11H,4-9H2,1-3H3,(H,13,14). The third kappa shape index (κ3) is 6.93. The number of unbranched alkanes of at least 4 members (excludes halogenated alkanes) is 1. The van der Waals surface area contributed by atoms with Gasteiger partial charge in [0.1, 0.15) is 0 Å². The van der Waals surface area contributed by atoms with Crippen molar-refractivity contribution >= 4 is 5.97 Å². The Morgan fingerprint density at radius 1 is 1.14 bits per heavy atom. The van der Waals surface area contributed by atoms with Crippen LogP contribution in [-0.4, -0.2) is 11.1 Å². The van der Waals surface area contributed by atoms with Crippen LogP contribution in [0.25, 0.3) is 0 Å². The Hall–Kier alpha value is -0.530. The Balaban J connectivity index is 3.39. The fraction of sp³-hybridized carbons (Fsp3) is 0.917. The highest BCUT2D eigenvalue weighted by molar-refractivity contribution is 5.69. The van der Waals surface area contributed by atoms with Gasteiger partial charge in [0.15, 0.2) is 0 Å². The van der Waals surface area contributed by atoms with E-state index in [2.05, 4.69) is 13.8 Å². The molecular weight excluding hydrogens is 176 g/mol. The predicted molar refractivity (Wildman–Crippen MR) is 59.3 cm³/mol. The summed E-state index contributed by atoms with van der Waals surface area (Å²) in [6.07, 6.45) is 6.91. The van der Waals surface area contributed by atoms with Crippen molar-refractivity contribution in [2.75, 3.05) is 0 Å². The summed E-state index contributed by atoms with van der Waals surface area (Å²) in [4.78, 5) is 10.5. The lowest BCUT2D eigenvalue weighted by Crippen LogP contribution is -2.09. The van der Waals surface area contributed by atoms with E-state index in [1.807, 2.05) is 0 Å². The fourth-order valence-electron chi connectivity index (χ4n) is 1.59. The van der Waals surface area contributed by atoms with Crippen LogP contribution in [0, 0.1) is 11.8 Å². The van der Waals surface area contributed by atoms with Crippen LogP contribution >= 0.6 is 0 Å². The van der Waals surface area contributed by atoms with Crippen LogP contribution in [0.1, 0.15) is 59.3 Å². The van der Waals surface area contributed by atoms with E-state index in [0.29, 0.717) is 0 Å². The van der Waals surface area contributed by atoms with Crippen molar-refractivity contribution in [3.63, 3.8) is 0 Å². The second-order valence-corrected chi connectivity index (χ2v) is 4.42. The van der Waals surface area contributed by atoms with Gasteiger partial charge in [-0.1, -0.05) is 52.9 Å². The molecule has 14 heavy (non-hydrogen) atoms. The third-order valence-electron chi connectivity index (χ3n) is 2.81. The number of carboxylic acids is 1. The number of hydrogen-bond donors (Lipinski definition) is 1. The lowest BCUT2D eigenvalue weighted by atomic mass is 9.95.